The highest BCUT2D eigenvalue weighted by Crippen LogP contribution is 2.28. The summed E-state index contributed by atoms with van der Waals surface area (Å²) < 4.78 is 5.50. The first-order valence-electron chi connectivity index (χ1n) is 6.39. The summed E-state index contributed by atoms with van der Waals surface area (Å²) in [7, 11) is 2.04. The number of nitrogens with zero attached hydrogens (tertiary/aromatic N) is 1. The normalized spacial score (nSPS) is 19.8. The van der Waals surface area contributed by atoms with Gasteiger partial charge >= 0.3 is 0 Å². The lowest BCUT2D eigenvalue weighted by molar-refractivity contribution is 0.0576. The summed E-state index contributed by atoms with van der Waals surface area (Å²) in [5.74, 6) is 0.564. The Kier molecular flexibility index (Phi) is 4.87. The molecule has 1 N–H and O–H groups in total. The van der Waals surface area contributed by atoms with Crippen LogP contribution in [0.2, 0.25) is 5.02 Å². The van der Waals surface area contributed by atoms with Gasteiger partial charge in [-0.25, -0.2) is 0 Å². The van der Waals surface area contributed by atoms with Crippen LogP contribution in [0, 0.1) is 5.92 Å². The van der Waals surface area contributed by atoms with Crippen molar-refractivity contribution in [1.29, 1.82) is 0 Å². The zero-order valence-corrected chi connectivity index (χ0v) is 11.5. The average molecular weight is 270 g/mol. The second-order valence-electron chi connectivity index (χ2n) is 4.86. The molecule has 100 valence electrons. The third-order valence-electron chi connectivity index (χ3n) is 3.45. The summed E-state index contributed by atoms with van der Waals surface area (Å²) in [6.07, 6.45) is 2.35. The molecule has 0 bridgehead atoms. The van der Waals surface area contributed by atoms with E-state index in [4.69, 9.17) is 16.3 Å². The Morgan fingerprint density at radius 2 is 2.33 bits per heavy atom. The number of benzene rings is 1. The number of anilines is 1. The summed E-state index contributed by atoms with van der Waals surface area (Å²) in [6, 6.07) is 5.74. The molecule has 18 heavy (non-hydrogen) atoms. The number of ether oxygens (including phenoxy) is 1. The van der Waals surface area contributed by atoms with Crippen LogP contribution < -0.4 is 4.90 Å². The number of aliphatic hydroxyl groups excluding tert-OH is 1. The number of halogens is 1. The Labute approximate surface area is 113 Å². The largest absolute Gasteiger partial charge is 0.392 e. The SMILES string of the molecule is CN(CC1CCCOC1)c1cccc(Cl)c1CO. The molecule has 3 nitrogen and oxygen atoms in total. The number of rotatable bonds is 4. The Morgan fingerprint density at radius 3 is 3.00 bits per heavy atom. The van der Waals surface area contributed by atoms with Gasteiger partial charge in [-0.3, -0.25) is 0 Å². The molecule has 0 aromatic heterocycles. The van der Waals surface area contributed by atoms with E-state index in [9.17, 15) is 5.11 Å². The Morgan fingerprint density at radius 1 is 1.50 bits per heavy atom. The topological polar surface area (TPSA) is 32.7 Å². The van der Waals surface area contributed by atoms with Gasteiger partial charge in [-0.15, -0.1) is 0 Å². The highest BCUT2D eigenvalue weighted by Gasteiger charge is 2.18. The smallest absolute Gasteiger partial charge is 0.0716 e. The average Bonchev–Trinajstić information content (AvgIpc) is 2.39. The van der Waals surface area contributed by atoms with Gasteiger partial charge in [0.25, 0.3) is 0 Å². The Bertz CT molecular complexity index is 391. The number of hydrogen-bond acceptors (Lipinski definition) is 3. The lowest BCUT2D eigenvalue weighted by Gasteiger charge is -2.29. The molecule has 1 aliphatic rings. The summed E-state index contributed by atoms with van der Waals surface area (Å²) in [4.78, 5) is 2.16. The fourth-order valence-corrected chi connectivity index (χ4v) is 2.73. The van der Waals surface area contributed by atoms with E-state index >= 15 is 0 Å². The van der Waals surface area contributed by atoms with Gasteiger partial charge in [0.05, 0.1) is 13.2 Å². The minimum atomic E-state index is -0.0273. The van der Waals surface area contributed by atoms with Crippen LogP contribution in [0.25, 0.3) is 0 Å². The fraction of sp³-hybridized carbons (Fsp3) is 0.571. The van der Waals surface area contributed by atoms with E-state index in [1.165, 1.54) is 6.42 Å². The van der Waals surface area contributed by atoms with Crippen LogP contribution in [-0.2, 0) is 11.3 Å². The molecule has 1 aromatic carbocycles. The third kappa shape index (κ3) is 3.16. The first-order chi connectivity index (χ1) is 8.72. The van der Waals surface area contributed by atoms with Crippen LogP contribution in [0.15, 0.2) is 18.2 Å². The van der Waals surface area contributed by atoms with E-state index in [1.54, 1.807) is 0 Å². The van der Waals surface area contributed by atoms with Gasteiger partial charge in [-0.05, 0) is 30.9 Å². The maximum Gasteiger partial charge on any atom is 0.0716 e. The predicted molar refractivity (Wildman–Crippen MR) is 74.2 cm³/mol. The standard InChI is InChI=1S/C14H20ClNO2/c1-16(8-11-4-3-7-18-10-11)14-6-2-5-13(15)12(14)9-17/h2,5-6,11,17H,3-4,7-10H2,1H3. The van der Waals surface area contributed by atoms with Crippen molar-refractivity contribution in [3.63, 3.8) is 0 Å². The van der Waals surface area contributed by atoms with Gasteiger partial charge in [-0.2, -0.15) is 0 Å². The second kappa shape index (κ2) is 6.41. The van der Waals surface area contributed by atoms with Crippen LogP contribution in [0.4, 0.5) is 5.69 Å². The van der Waals surface area contributed by atoms with Crippen molar-refractivity contribution in [3.8, 4) is 0 Å². The van der Waals surface area contributed by atoms with Gasteiger partial charge in [0.15, 0.2) is 0 Å². The molecular formula is C14H20ClNO2. The number of aliphatic hydroxyl groups is 1. The summed E-state index contributed by atoms with van der Waals surface area (Å²) >= 11 is 6.10. The van der Waals surface area contributed by atoms with E-state index in [0.29, 0.717) is 10.9 Å². The van der Waals surface area contributed by atoms with Crippen LogP contribution in [0.1, 0.15) is 18.4 Å². The summed E-state index contributed by atoms with van der Waals surface area (Å²) in [5, 5.41) is 10.0. The molecule has 1 heterocycles. The van der Waals surface area contributed by atoms with Crippen LogP contribution >= 0.6 is 11.6 Å². The minimum absolute atomic E-state index is 0.0273. The first kappa shape index (κ1) is 13.7. The predicted octanol–water partition coefficient (Wildman–Crippen LogP) is 2.70. The van der Waals surface area contributed by atoms with Crippen molar-refractivity contribution in [2.24, 2.45) is 5.92 Å². The molecule has 2 rings (SSSR count). The third-order valence-corrected chi connectivity index (χ3v) is 3.80. The zero-order chi connectivity index (χ0) is 13.0. The number of hydrogen-bond donors (Lipinski definition) is 1. The molecule has 0 aliphatic carbocycles. The molecule has 0 saturated carbocycles. The van der Waals surface area contributed by atoms with Crippen molar-refractivity contribution >= 4 is 17.3 Å². The highest BCUT2D eigenvalue weighted by molar-refractivity contribution is 6.31. The second-order valence-corrected chi connectivity index (χ2v) is 5.27. The molecule has 4 heteroatoms. The van der Waals surface area contributed by atoms with Crippen molar-refractivity contribution in [1.82, 2.24) is 0 Å². The Hall–Kier alpha value is -0.770. The van der Waals surface area contributed by atoms with Crippen LogP contribution in [0.3, 0.4) is 0 Å². The quantitative estimate of drug-likeness (QED) is 0.912. The van der Waals surface area contributed by atoms with Gasteiger partial charge < -0.3 is 14.7 Å². The molecule has 1 atom stereocenters. The Balaban J connectivity index is 2.07. The molecule has 1 aromatic rings. The van der Waals surface area contributed by atoms with Crippen LogP contribution in [0.5, 0.6) is 0 Å². The fourth-order valence-electron chi connectivity index (χ4n) is 2.50. The highest BCUT2D eigenvalue weighted by atomic mass is 35.5. The molecule has 1 saturated heterocycles. The van der Waals surface area contributed by atoms with Gasteiger partial charge in [0.2, 0.25) is 0 Å². The summed E-state index contributed by atoms with van der Waals surface area (Å²) in [5.41, 5.74) is 1.81. The van der Waals surface area contributed by atoms with Crippen molar-refractivity contribution < 1.29 is 9.84 Å². The van der Waals surface area contributed by atoms with Crippen molar-refractivity contribution in [2.75, 3.05) is 31.7 Å². The lowest BCUT2D eigenvalue weighted by atomic mass is 10.0. The molecule has 0 amide bonds. The molecule has 0 spiro atoms. The van der Waals surface area contributed by atoms with E-state index in [1.807, 2.05) is 25.2 Å². The van der Waals surface area contributed by atoms with E-state index in [2.05, 4.69) is 4.90 Å². The minimum Gasteiger partial charge on any atom is -0.392 e. The van der Waals surface area contributed by atoms with Gasteiger partial charge in [-0.1, -0.05) is 17.7 Å². The van der Waals surface area contributed by atoms with E-state index in [-0.39, 0.29) is 6.61 Å². The first-order valence-corrected chi connectivity index (χ1v) is 6.77. The molecule has 1 aliphatic heterocycles. The van der Waals surface area contributed by atoms with Gasteiger partial charge in [0.1, 0.15) is 0 Å². The maximum absolute atomic E-state index is 9.42. The van der Waals surface area contributed by atoms with Gasteiger partial charge in [0, 0.05) is 36.5 Å². The summed E-state index contributed by atoms with van der Waals surface area (Å²) in [6.45, 7) is 2.63. The van der Waals surface area contributed by atoms with Crippen molar-refractivity contribution in [2.45, 2.75) is 19.4 Å². The molecule has 1 fully saturated rings. The van der Waals surface area contributed by atoms with E-state index < -0.39 is 0 Å². The lowest BCUT2D eigenvalue weighted by Crippen LogP contribution is -2.31. The molecule has 1 unspecified atom stereocenters. The maximum atomic E-state index is 9.42. The monoisotopic (exact) mass is 269 g/mol. The van der Waals surface area contributed by atoms with Crippen molar-refractivity contribution in [3.05, 3.63) is 28.8 Å². The molecule has 0 radical (unpaired) electrons. The zero-order valence-electron chi connectivity index (χ0n) is 10.7. The molecular weight excluding hydrogens is 250 g/mol. The van der Waals surface area contributed by atoms with Crippen LogP contribution in [-0.4, -0.2) is 31.9 Å². The van der Waals surface area contributed by atoms with E-state index in [0.717, 1.165) is 37.4 Å².